The fraction of sp³-hybridized carbons (Fsp3) is 0.438. The van der Waals surface area contributed by atoms with Crippen molar-refractivity contribution in [3.8, 4) is 11.4 Å². The molecule has 1 fully saturated rings. The molecule has 2 heterocycles. The number of rotatable bonds is 4. The zero-order valence-corrected chi connectivity index (χ0v) is 14.0. The van der Waals surface area contributed by atoms with Crippen molar-refractivity contribution < 1.29 is 4.79 Å². The Morgan fingerprint density at radius 3 is 3.08 bits per heavy atom. The molecule has 1 aromatic heterocycles. The van der Waals surface area contributed by atoms with Crippen molar-refractivity contribution in [2.45, 2.75) is 13.0 Å². The molecule has 0 saturated carbocycles. The summed E-state index contributed by atoms with van der Waals surface area (Å²) in [6.07, 6.45) is 0. The highest BCUT2D eigenvalue weighted by molar-refractivity contribution is 5.89. The number of nitrogens with zero attached hydrogens (tertiary/aromatic N) is 3. The van der Waals surface area contributed by atoms with E-state index in [0.717, 1.165) is 31.0 Å². The molecular formula is C16H23N7O. The zero-order chi connectivity index (χ0) is 16.9. The van der Waals surface area contributed by atoms with Gasteiger partial charge >= 0.3 is 6.03 Å². The lowest BCUT2D eigenvalue weighted by atomic mass is 10.2. The topological polar surface area (TPSA) is 98.0 Å². The van der Waals surface area contributed by atoms with Crippen LogP contribution in [-0.4, -0.2) is 65.4 Å². The summed E-state index contributed by atoms with van der Waals surface area (Å²) >= 11 is 0. The summed E-state index contributed by atoms with van der Waals surface area (Å²) in [5.41, 5.74) is 1.57. The first-order chi connectivity index (χ1) is 11.6. The van der Waals surface area contributed by atoms with Gasteiger partial charge < -0.3 is 16.0 Å². The summed E-state index contributed by atoms with van der Waals surface area (Å²) in [4.78, 5) is 18.7. The summed E-state index contributed by atoms with van der Waals surface area (Å²) in [7, 11) is 2.08. The number of urea groups is 1. The molecule has 1 atom stereocenters. The molecule has 8 nitrogen and oxygen atoms in total. The van der Waals surface area contributed by atoms with E-state index < -0.39 is 0 Å². The minimum atomic E-state index is -0.211. The number of hydrogen-bond donors (Lipinski definition) is 4. The fourth-order valence-corrected chi connectivity index (χ4v) is 2.68. The average Bonchev–Trinajstić information content (AvgIpc) is 3.01. The van der Waals surface area contributed by atoms with Gasteiger partial charge in [-0.2, -0.15) is 5.10 Å². The predicted octanol–water partition coefficient (Wildman–Crippen LogP) is 0.805. The number of H-pyrrole nitrogens is 1. The highest BCUT2D eigenvalue weighted by atomic mass is 16.2. The second kappa shape index (κ2) is 7.41. The maximum atomic E-state index is 12.1. The Kier molecular flexibility index (Phi) is 5.07. The van der Waals surface area contributed by atoms with Crippen molar-refractivity contribution in [2.75, 3.05) is 38.5 Å². The Morgan fingerprint density at radius 2 is 2.33 bits per heavy atom. The van der Waals surface area contributed by atoms with Crippen LogP contribution in [-0.2, 0) is 0 Å². The number of carbonyl (C=O) groups excluding carboxylic acids is 1. The van der Waals surface area contributed by atoms with Gasteiger partial charge in [0.05, 0.1) is 0 Å². The first-order valence-corrected chi connectivity index (χ1v) is 8.07. The zero-order valence-electron chi connectivity index (χ0n) is 14.0. The number of aromatic amines is 1. The predicted molar refractivity (Wildman–Crippen MR) is 92.9 cm³/mol. The fourth-order valence-electron chi connectivity index (χ4n) is 2.68. The van der Waals surface area contributed by atoms with Crippen LogP contribution in [0, 0.1) is 6.92 Å². The molecule has 1 aliphatic heterocycles. The van der Waals surface area contributed by atoms with Crippen LogP contribution in [0.1, 0.15) is 5.82 Å². The van der Waals surface area contributed by atoms with Gasteiger partial charge in [0, 0.05) is 43.5 Å². The summed E-state index contributed by atoms with van der Waals surface area (Å²) in [5, 5.41) is 16.1. The summed E-state index contributed by atoms with van der Waals surface area (Å²) < 4.78 is 0. The van der Waals surface area contributed by atoms with Gasteiger partial charge in [0.2, 0.25) is 0 Å². The maximum Gasteiger partial charge on any atom is 0.319 e. The van der Waals surface area contributed by atoms with Crippen molar-refractivity contribution in [3.63, 3.8) is 0 Å². The van der Waals surface area contributed by atoms with E-state index in [4.69, 9.17) is 0 Å². The minimum absolute atomic E-state index is 0.211. The third-order valence-electron chi connectivity index (χ3n) is 4.12. The molecule has 8 heteroatoms. The van der Waals surface area contributed by atoms with Crippen LogP contribution in [0.4, 0.5) is 10.5 Å². The van der Waals surface area contributed by atoms with Crippen molar-refractivity contribution in [2.24, 2.45) is 0 Å². The van der Waals surface area contributed by atoms with E-state index in [9.17, 15) is 4.79 Å². The number of aromatic nitrogens is 3. The molecular weight excluding hydrogens is 306 g/mol. The molecule has 4 N–H and O–H groups in total. The number of aryl methyl sites for hydroxylation is 1. The van der Waals surface area contributed by atoms with E-state index in [1.54, 1.807) is 0 Å². The van der Waals surface area contributed by atoms with Gasteiger partial charge in [0.15, 0.2) is 5.82 Å². The Balaban J connectivity index is 1.56. The van der Waals surface area contributed by atoms with E-state index in [-0.39, 0.29) is 6.03 Å². The molecule has 0 radical (unpaired) electrons. The van der Waals surface area contributed by atoms with E-state index in [1.807, 2.05) is 31.2 Å². The maximum absolute atomic E-state index is 12.1. The van der Waals surface area contributed by atoms with Gasteiger partial charge in [0.25, 0.3) is 0 Å². The van der Waals surface area contributed by atoms with Crippen molar-refractivity contribution in [1.82, 2.24) is 30.7 Å². The van der Waals surface area contributed by atoms with Crippen molar-refractivity contribution in [3.05, 3.63) is 30.1 Å². The molecule has 2 aromatic rings. The SMILES string of the molecule is Cc1nc(-c2cccc(NC(=O)NCC3CNCCN3C)c2)n[nH]1. The molecule has 1 aromatic carbocycles. The standard InChI is InChI=1S/C16H23N7O/c1-11-19-15(22-21-11)12-4-3-5-13(8-12)20-16(24)18-10-14-9-17-6-7-23(14)2/h3-5,8,14,17H,6-7,9-10H2,1-2H3,(H2,18,20,24)(H,19,21,22). The number of amides is 2. The molecule has 128 valence electrons. The molecule has 24 heavy (non-hydrogen) atoms. The molecule has 0 spiro atoms. The van der Waals surface area contributed by atoms with E-state index in [0.29, 0.717) is 24.1 Å². The number of benzene rings is 1. The lowest BCUT2D eigenvalue weighted by Crippen LogP contribution is -2.54. The monoisotopic (exact) mass is 329 g/mol. The third-order valence-corrected chi connectivity index (χ3v) is 4.12. The van der Waals surface area contributed by atoms with Gasteiger partial charge in [-0.3, -0.25) is 10.00 Å². The average molecular weight is 329 g/mol. The van der Waals surface area contributed by atoms with Gasteiger partial charge in [-0.15, -0.1) is 0 Å². The van der Waals surface area contributed by atoms with Crippen LogP contribution >= 0.6 is 0 Å². The highest BCUT2D eigenvalue weighted by Crippen LogP contribution is 2.19. The van der Waals surface area contributed by atoms with Gasteiger partial charge in [-0.25, -0.2) is 9.78 Å². The smallest absolute Gasteiger partial charge is 0.319 e. The number of anilines is 1. The van der Waals surface area contributed by atoms with Crippen LogP contribution in [0.5, 0.6) is 0 Å². The van der Waals surface area contributed by atoms with E-state index in [2.05, 4.69) is 43.1 Å². The first kappa shape index (κ1) is 16.4. The van der Waals surface area contributed by atoms with Crippen molar-refractivity contribution >= 4 is 11.7 Å². The Bertz CT molecular complexity index is 699. The van der Waals surface area contributed by atoms with Crippen molar-refractivity contribution in [1.29, 1.82) is 0 Å². The Labute approximate surface area is 141 Å². The molecule has 2 amide bonds. The molecule has 0 bridgehead atoms. The summed E-state index contributed by atoms with van der Waals surface area (Å²) in [6.45, 7) is 5.33. The normalized spacial score (nSPS) is 18.3. The van der Waals surface area contributed by atoms with E-state index >= 15 is 0 Å². The highest BCUT2D eigenvalue weighted by Gasteiger charge is 2.18. The number of hydrogen-bond acceptors (Lipinski definition) is 5. The second-order valence-electron chi connectivity index (χ2n) is 6.00. The lowest BCUT2D eigenvalue weighted by Gasteiger charge is -2.33. The molecule has 0 aliphatic carbocycles. The van der Waals surface area contributed by atoms with Gasteiger partial charge in [-0.05, 0) is 26.1 Å². The second-order valence-corrected chi connectivity index (χ2v) is 6.00. The molecule has 3 rings (SSSR count). The minimum Gasteiger partial charge on any atom is -0.336 e. The quantitative estimate of drug-likeness (QED) is 0.665. The molecule has 1 saturated heterocycles. The third kappa shape index (κ3) is 4.09. The van der Waals surface area contributed by atoms with Crippen LogP contribution in [0.2, 0.25) is 0 Å². The van der Waals surface area contributed by atoms with Crippen LogP contribution in [0.3, 0.4) is 0 Å². The first-order valence-electron chi connectivity index (χ1n) is 8.07. The number of nitrogens with one attached hydrogen (secondary N) is 4. The summed E-state index contributed by atoms with van der Waals surface area (Å²) in [5.74, 6) is 1.37. The van der Waals surface area contributed by atoms with Gasteiger partial charge in [-0.1, -0.05) is 12.1 Å². The van der Waals surface area contributed by atoms with Gasteiger partial charge in [0.1, 0.15) is 5.82 Å². The summed E-state index contributed by atoms with van der Waals surface area (Å²) in [6, 6.07) is 7.58. The molecule has 1 unspecified atom stereocenters. The Hall–Kier alpha value is -2.45. The largest absolute Gasteiger partial charge is 0.336 e. The van der Waals surface area contributed by atoms with E-state index in [1.165, 1.54) is 0 Å². The number of likely N-dealkylation sites (N-methyl/N-ethyl adjacent to an activating group) is 1. The molecule has 1 aliphatic rings. The van der Waals surface area contributed by atoms with Crippen LogP contribution in [0.15, 0.2) is 24.3 Å². The van der Waals surface area contributed by atoms with Crippen LogP contribution in [0.25, 0.3) is 11.4 Å². The van der Waals surface area contributed by atoms with Crippen LogP contribution < -0.4 is 16.0 Å². The Morgan fingerprint density at radius 1 is 1.46 bits per heavy atom. The number of piperazine rings is 1. The number of carbonyl (C=O) groups is 1. The lowest BCUT2D eigenvalue weighted by molar-refractivity contribution is 0.195.